The van der Waals surface area contributed by atoms with Crippen LogP contribution in [0.1, 0.15) is 31.2 Å². The van der Waals surface area contributed by atoms with Crippen molar-refractivity contribution in [3.05, 3.63) is 23.0 Å². The van der Waals surface area contributed by atoms with Gasteiger partial charge in [-0.2, -0.15) is 8.78 Å². The number of halogens is 3. The van der Waals surface area contributed by atoms with Gasteiger partial charge in [0.15, 0.2) is 16.6 Å². The first-order valence-electron chi connectivity index (χ1n) is 6.55. The largest absolute Gasteiger partial charge is 0.490 e. The molecule has 1 aliphatic carbocycles. The van der Waals surface area contributed by atoms with Crippen LogP contribution in [-0.4, -0.2) is 11.6 Å². The van der Waals surface area contributed by atoms with Crippen molar-refractivity contribution >= 4 is 21.6 Å². The van der Waals surface area contributed by atoms with Crippen molar-refractivity contribution in [3.63, 3.8) is 0 Å². The minimum Gasteiger partial charge on any atom is -0.490 e. The summed E-state index contributed by atoms with van der Waals surface area (Å²) in [5.74, 6) is -3.03. The highest BCUT2D eigenvalue weighted by Gasteiger charge is 2.30. The summed E-state index contributed by atoms with van der Waals surface area (Å²) < 4.78 is 46.3. The lowest BCUT2D eigenvalue weighted by molar-refractivity contribution is 0.0174. The summed E-state index contributed by atoms with van der Waals surface area (Å²) in [6, 6.07) is 2.99. The Morgan fingerprint density at radius 1 is 1.40 bits per heavy atom. The number of fused-ring (bicyclic) bond motifs is 1. The monoisotopic (exact) mass is 301 g/mol. The van der Waals surface area contributed by atoms with E-state index < -0.39 is 11.7 Å². The summed E-state index contributed by atoms with van der Waals surface area (Å²) in [6.07, 6.45) is 3.41. The molecule has 0 spiro atoms. The van der Waals surface area contributed by atoms with Crippen LogP contribution in [0.25, 0.3) is 10.2 Å². The van der Waals surface area contributed by atoms with E-state index in [0.717, 1.165) is 19.8 Å². The highest BCUT2D eigenvalue weighted by Crippen LogP contribution is 2.37. The van der Waals surface area contributed by atoms with Crippen molar-refractivity contribution in [3.8, 4) is 5.75 Å². The highest BCUT2D eigenvalue weighted by atomic mass is 32.1. The molecule has 3 rings (SSSR count). The molecule has 1 heterocycles. The second kappa shape index (κ2) is 4.91. The Morgan fingerprint density at radius 3 is 2.75 bits per heavy atom. The lowest BCUT2D eigenvalue weighted by Gasteiger charge is -2.25. The molecule has 1 aliphatic rings. The van der Waals surface area contributed by atoms with Gasteiger partial charge in [0.25, 0.3) is 5.92 Å². The number of ether oxygens (including phenoxy) is 1. The molecule has 0 amide bonds. The van der Waals surface area contributed by atoms with Gasteiger partial charge in [-0.1, -0.05) is 6.42 Å². The fraction of sp³-hybridized carbons (Fsp3) is 0.500. The predicted molar refractivity (Wildman–Crippen MR) is 72.0 cm³/mol. The summed E-state index contributed by atoms with van der Waals surface area (Å²) in [6.45, 7) is 1.24. The molecule has 0 radical (unpaired) electrons. The Kier molecular flexibility index (Phi) is 3.36. The zero-order valence-electron chi connectivity index (χ0n) is 11.0. The van der Waals surface area contributed by atoms with Gasteiger partial charge in [-0.25, -0.2) is 9.37 Å². The lowest BCUT2D eigenvalue weighted by atomic mass is 9.86. The van der Waals surface area contributed by atoms with Crippen LogP contribution >= 0.6 is 11.3 Å². The van der Waals surface area contributed by atoms with Crippen LogP contribution in [0.5, 0.6) is 5.75 Å². The van der Waals surface area contributed by atoms with Crippen LogP contribution < -0.4 is 4.74 Å². The predicted octanol–water partition coefficient (Wildman–Crippen LogP) is 4.73. The Hall–Kier alpha value is -1.30. The molecule has 1 saturated carbocycles. The fourth-order valence-electron chi connectivity index (χ4n) is 2.11. The smallest absolute Gasteiger partial charge is 0.296 e. The van der Waals surface area contributed by atoms with Gasteiger partial charge in [0.05, 0.1) is 16.8 Å². The van der Waals surface area contributed by atoms with Crippen molar-refractivity contribution in [2.45, 2.75) is 32.1 Å². The van der Waals surface area contributed by atoms with Gasteiger partial charge in [0.2, 0.25) is 0 Å². The number of aromatic nitrogens is 1. The van der Waals surface area contributed by atoms with E-state index >= 15 is 0 Å². The maximum absolute atomic E-state index is 14.2. The minimum absolute atomic E-state index is 0.124. The number of nitrogens with zero attached hydrogens (tertiary/aromatic N) is 1. The zero-order chi connectivity index (χ0) is 14.3. The van der Waals surface area contributed by atoms with E-state index in [9.17, 15) is 13.2 Å². The van der Waals surface area contributed by atoms with Crippen molar-refractivity contribution in [2.24, 2.45) is 5.92 Å². The van der Waals surface area contributed by atoms with Crippen molar-refractivity contribution < 1.29 is 17.9 Å². The Balaban J connectivity index is 1.88. The zero-order valence-corrected chi connectivity index (χ0v) is 11.8. The van der Waals surface area contributed by atoms with E-state index in [1.54, 1.807) is 0 Å². The summed E-state index contributed by atoms with van der Waals surface area (Å²) in [7, 11) is 0. The normalized spacial score (nSPS) is 16.4. The molecular formula is C14H14F3NOS. The van der Waals surface area contributed by atoms with Crippen molar-refractivity contribution in [1.29, 1.82) is 0 Å². The summed E-state index contributed by atoms with van der Waals surface area (Å²) >= 11 is 0.683. The topological polar surface area (TPSA) is 22.1 Å². The van der Waals surface area contributed by atoms with Crippen LogP contribution in [-0.2, 0) is 5.92 Å². The van der Waals surface area contributed by atoms with E-state index in [0.29, 0.717) is 23.9 Å². The number of hydrogen-bond donors (Lipinski definition) is 0. The van der Waals surface area contributed by atoms with Gasteiger partial charge in [-0.15, -0.1) is 11.3 Å². The molecule has 6 heteroatoms. The van der Waals surface area contributed by atoms with E-state index in [1.165, 1.54) is 18.6 Å². The molecule has 1 aromatic carbocycles. The second-order valence-corrected chi connectivity index (χ2v) is 6.24. The quantitative estimate of drug-likeness (QED) is 0.814. The Morgan fingerprint density at radius 2 is 2.15 bits per heavy atom. The van der Waals surface area contributed by atoms with E-state index in [4.69, 9.17) is 4.74 Å². The molecule has 0 bridgehead atoms. The van der Waals surface area contributed by atoms with E-state index in [1.807, 2.05) is 0 Å². The van der Waals surface area contributed by atoms with Gasteiger partial charge >= 0.3 is 0 Å². The number of thiazole rings is 1. The maximum atomic E-state index is 14.2. The van der Waals surface area contributed by atoms with E-state index in [-0.39, 0.29) is 21.0 Å². The van der Waals surface area contributed by atoms with Gasteiger partial charge in [-0.05, 0) is 30.9 Å². The standard InChI is InChI=1S/C14H14F3NOS/c1-14(16,17)13-18-9-5-6-10(11(15)12(9)20-13)19-7-8-3-2-4-8/h5-6,8H,2-4,7H2,1H3. The molecule has 0 N–H and O–H groups in total. The third-order valence-electron chi connectivity index (χ3n) is 3.54. The molecule has 2 nitrogen and oxygen atoms in total. The van der Waals surface area contributed by atoms with Crippen LogP contribution in [0.3, 0.4) is 0 Å². The second-order valence-electron chi connectivity index (χ2n) is 5.24. The first kappa shape index (κ1) is 13.7. The first-order chi connectivity index (χ1) is 9.45. The molecule has 0 aliphatic heterocycles. The van der Waals surface area contributed by atoms with Crippen LogP contribution in [0.2, 0.25) is 0 Å². The lowest BCUT2D eigenvalue weighted by Crippen LogP contribution is -2.19. The molecule has 0 saturated heterocycles. The van der Waals surface area contributed by atoms with Gasteiger partial charge in [0, 0.05) is 6.92 Å². The average molecular weight is 301 g/mol. The first-order valence-corrected chi connectivity index (χ1v) is 7.37. The third kappa shape index (κ3) is 2.49. The van der Waals surface area contributed by atoms with Gasteiger partial charge in [-0.3, -0.25) is 0 Å². The van der Waals surface area contributed by atoms with E-state index in [2.05, 4.69) is 4.98 Å². The number of rotatable bonds is 4. The number of alkyl halides is 2. The Labute approximate surface area is 118 Å². The van der Waals surface area contributed by atoms with Gasteiger partial charge in [0.1, 0.15) is 0 Å². The molecule has 0 atom stereocenters. The van der Waals surface area contributed by atoms with Crippen molar-refractivity contribution in [2.75, 3.05) is 6.61 Å². The van der Waals surface area contributed by atoms with Crippen molar-refractivity contribution in [1.82, 2.24) is 4.98 Å². The van der Waals surface area contributed by atoms with Crippen LogP contribution in [0.15, 0.2) is 12.1 Å². The van der Waals surface area contributed by atoms with Crippen LogP contribution in [0.4, 0.5) is 13.2 Å². The number of benzene rings is 1. The summed E-state index contributed by atoms with van der Waals surface area (Å²) in [5, 5.41) is -0.373. The molecule has 1 aromatic heterocycles. The molecule has 20 heavy (non-hydrogen) atoms. The van der Waals surface area contributed by atoms with Crippen LogP contribution in [0, 0.1) is 11.7 Å². The molecule has 108 valence electrons. The minimum atomic E-state index is -3.05. The molecule has 2 aromatic rings. The maximum Gasteiger partial charge on any atom is 0.296 e. The highest BCUT2D eigenvalue weighted by molar-refractivity contribution is 7.18. The molecule has 0 unspecified atom stereocenters. The average Bonchev–Trinajstić information content (AvgIpc) is 2.74. The SMILES string of the molecule is CC(F)(F)c1nc2ccc(OCC3CCC3)c(F)c2s1. The molecular weight excluding hydrogens is 287 g/mol. The summed E-state index contributed by atoms with van der Waals surface area (Å²) in [5.41, 5.74) is 0.250. The fourth-order valence-corrected chi connectivity index (χ4v) is 3.03. The number of hydrogen-bond acceptors (Lipinski definition) is 3. The van der Waals surface area contributed by atoms with Gasteiger partial charge < -0.3 is 4.74 Å². The molecule has 1 fully saturated rings. The third-order valence-corrected chi connectivity index (χ3v) is 4.77. The Bertz CT molecular complexity index is 631. The summed E-state index contributed by atoms with van der Waals surface area (Å²) in [4.78, 5) is 3.78.